The molecule has 0 bridgehead atoms. The van der Waals surface area contributed by atoms with Crippen LogP contribution in [0.15, 0.2) is 0 Å². The quantitative estimate of drug-likeness (QED) is 0.622. The summed E-state index contributed by atoms with van der Waals surface area (Å²) in [6.07, 6.45) is 0.264. The number of hydrogen-bond donors (Lipinski definition) is 2. The third kappa shape index (κ3) is 4.81. The Kier molecular flexibility index (Phi) is 5.87. The first-order valence-electron chi connectivity index (χ1n) is 4.60. The molecule has 1 atom stereocenters. The fourth-order valence-corrected chi connectivity index (χ4v) is 0.890. The molecule has 0 fully saturated rings. The van der Waals surface area contributed by atoms with Crippen LogP contribution in [0.4, 0.5) is 0 Å². The van der Waals surface area contributed by atoms with Gasteiger partial charge in [0.15, 0.2) is 0 Å². The number of aliphatic hydroxyl groups excluding tert-OH is 1. The van der Waals surface area contributed by atoms with Crippen molar-refractivity contribution in [2.75, 3.05) is 20.2 Å². The van der Waals surface area contributed by atoms with Crippen molar-refractivity contribution in [3.8, 4) is 0 Å². The van der Waals surface area contributed by atoms with Crippen LogP contribution in [0.5, 0.6) is 0 Å². The average Bonchev–Trinajstić information content (AvgIpc) is 2.14. The summed E-state index contributed by atoms with van der Waals surface area (Å²) >= 11 is 0. The van der Waals surface area contributed by atoms with Gasteiger partial charge in [0.1, 0.15) is 0 Å². The summed E-state index contributed by atoms with van der Waals surface area (Å²) in [7, 11) is 1.64. The van der Waals surface area contributed by atoms with Gasteiger partial charge in [0, 0.05) is 26.9 Å². The highest BCUT2D eigenvalue weighted by Gasteiger charge is 2.13. The lowest BCUT2D eigenvalue weighted by Crippen LogP contribution is -2.38. The summed E-state index contributed by atoms with van der Waals surface area (Å²) in [4.78, 5) is 23.4. The van der Waals surface area contributed by atoms with Gasteiger partial charge in [0.05, 0.1) is 12.6 Å². The molecule has 0 spiro atoms. The topological polar surface area (TPSA) is 69.6 Å². The molecule has 0 aliphatic carbocycles. The van der Waals surface area contributed by atoms with Crippen LogP contribution in [0.1, 0.15) is 20.3 Å². The molecule has 0 heterocycles. The Bertz CT molecular complexity index is 206. The monoisotopic (exact) mass is 202 g/mol. The lowest BCUT2D eigenvalue weighted by atomic mass is 10.3. The molecular formula is C9H18N2O3. The van der Waals surface area contributed by atoms with Gasteiger partial charge in [0.25, 0.3) is 0 Å². The molecule has 0 aromatic heterocycles. The Morgan fingerprint density at radius 3 is 2.50 bits per heavy atom. The van der Waals surface area contributed by atoms with Crippen LogP contribution < -0.4 is 5.32 Å². The third-order valence-corrected chi connectivity index (χ3v) is 2.03. The van der Waals surface area contributed by atoms with E-state index in [4.69, 9.17) is 5.11 Å². The largest absolute Gasteiger partial charge is 0.394 e. The molecule has 5 heteroatoms. The molecule has 82 valence electrons. The van der Waals surface area contributed by atoms with E-state index in [0.29, 0.717) is 6.54 Å². The van der Waals surface area contributed by atoms with E-state index in [1.54, 1.807) is 14.0 Å². The Morgan fingerprint density at radius 1 is 1.50 bits per heavy atom. The zero-order chi connectivity index (χ0) is 11.1. The number of nitrogens with one attached hydrogen (secondary N) is 1. The van der Waals surface area contributed by atoms with E-state index in [1.165, 1.54) is 11.8 Å². The minimum atomic E-state index is -0.181. The standard InChI is InChI=1S/C9H18N2O3/c1-7(6-12)11(3)9(14)4-5-10-8(2)13/h7,12H,4-6H2,1-3H3,(H,10,13). The molecule has 0 aromatic carbocycles. The fourth-order valence-electron chi connectivity index (χ4n) is 0.890. The first-order chi connectivity index (χ1) is 6.49. The fraction of sp³-hybridized carbons (Fsp3) is 0.778. The van der Waals surface area contributed by atoms with Gasteiger partial charge >= 0.3 is 0 Å². The van der Waals surface area contributed by atoms with Crippen molar-refractivity contribution in [1.29, 1.82) is 0 Å². The predicted molar refractivity (Wildman–Crippen MR) is 52.6 cm³/mol. The molecule has 2 N–H and O–H groups in total. The number of likely N-dealkylation sites (N-methyl/N-ethyl adjacent to an activating group) is 1. The maximum atomic E-state index is 11.4. The van der Waals surface area contributed by atoms with Crippen molar-refractivity contribution in [2.24, 2.45) is 0 Å². The smallest absolute Gasteiger partial charge is 0.224 e. The molecule has 0 radical (unpaired) electrons. The first kappa shape index (κ1) is 12.9. The van der Waals surface area contributed by atoms with E-state index in [-0.39, 0.29) is 30.9 Å². The third-order valence-electron chi connectivity index (χ3n) is 2.03. The molecule has 0 saturated heterocycles. The second-order valence-electron chi connectivity index (χ2n) is 3.27. The predicted octanol–water partition coefficient (Wildman–Crippen LogP) is -0.648. The van der Waals surface area contributed by atoms with Crippen molar-refractivity contribution in [3.05, 3.63) is 0 Å². The van der Waals surface area contributed by atoms with Gasteiger partial charge in [-0.3, -0.25) is 9.59 Å². The summed E-state index contributed by atoms with van der Waals surface area (Å²) in [6, 6.07) is -0.181. The second kappa shape index (κ2) is 6.37. The van der Waals surface area contributed by atoms with Crippen molar-refractivity contribution in [3.63, 3.8) is 0 Å². The maximum absolute atomic E-state index is 11.4. The molecule has 0 aliphatic heterocycles. The molecule has 1 unspecified atom stereocenters. The number of nitrogens with zero attached hydrogens (tertiary/aromatic N) is 1. The summed E-state index contributed by atoms with van der Waals surface area (Å²) in [5.74, 6) is -0.226. The lowest BCUT2D eigenvalue weighted by Gasteiger charge is -2.23. The van der Waals surface area contributed by atoms with Gasteiger partial charge in [-0.1, -0.05) is 0 Å². The van der Waals surface area contributed by atoms with Gasteiger partial charge < -0.3 is 15.3 Å². The van der Waals surface area contributed by atoms with Gasteiger partial charge in [-0.2, -0.15) is 0 Å². The minimum Gasteiger partial charge on any atom is -0.394 e. The molecule has 2 amide bonds. The Labute approximate surface area is 84.1 Å². The van der Waals surface area contributed by atoms with Crippen LogP contribution in [-0.4, -0.2) is 48.1 Å². The number of hydrogen-bond acceptors (Lipinski definition) is 3. The molecule has 14 heavy (non-hydrogen) atoms. The Balaban J connectivity index is 3.78. The molecular weight excluding hydrogens is 184 g/mol. The van der Waals surface area contributed by atoms with E-state index < -0.39 is 0 Å². The maximum Gasteiger partial charge on any atom is 0.224 e. The van der Waals surface area contributed by atoms with Crippen LogP contribution in [0, 0.1) is 0 Å². The van der Waals surface area contributed by atoms with Gasteiger partial charge in [-0.25, -0.2) is 0 Å². The normalized spacial score (nSPS) is 12.0. The SMILES string of the molecule is CC(=O)NCCC(=O)N(C)C(C)CO. The molecule has 0 saturated carbocycles. The molecule has 0 aromatic rings. The van der Waals surface area contributed by atoms with E-state index in [2.05, 4.69) is 5.32 Å². The van der Waals surface area contributed by atoms with E-state index in [0.717, 1.165) is 0 Å². The highest BCUT2D eigenvalue weighted by Crippen LogP contribution is 1.97. The van der Waals surface area contributed by atoms with Crippen molar-refractivity contribution in [2.45, 2.75) is 26.3 Å². The van der Waals surface area contributed by atoms with Crippen molar-refractivity contribution < 1.29 is 14.7 Å². The zero-order valence-electron chi connectivity index (χ0n) is 8.91. The molecule has 0 aliphatic rings. The first-order valence-corrected chi connectivity index (χ1v) is 4.60. The summed E-state index contributed by atoms with van der Waals surface area (Å²) in [5.41, 5.74) is 0. The van der Waals surface area contributed by atoms with Crippen molar-refractivity contribution in [1.82, 2.24) is 10.2 Å². The number of carbonyl (C=O) groups is 2. The van der Waals surface area contributed by atoms with Crippen LogP contribution in [0.2, 0.25) is 0 Å². The van der Waals surface area contributed by atoms with Gasteiger partial charge in [0.2, 0.25) is 11.8 Å². The Hall–Kier alpha value is -1.10. The summed E-state index contributed by atoms with van der Waals surface area (Å²) in [6.45, 7) is 3.46. The van der Waals surface area contributed by atoms with Crippen LogP contribution in [-0.2, 0) is 9.59 Å². The van der Waals surface area contributed by atoms with Gasteiger partial charge in [-0.15, -0.1) is 0 Å². The van der Waals surface area contributed by atoms with Crippen LogP contribution in [0.25, 0.3) is 0 Å². The van der Waals surface area contributed by atoms with Gasteiger partial charge in [-0.05, 0) is 6.92 Å². The van der Waals surface area contributed by atoms with Crippen molar-refractivity contribution >= 4 is 11.8 Å². The number of carbonyl (C=O) groups excluding carboxylic acids is 2. The summed E-state index contributed by atoms with van der Waals surface area (Å²) < 4.78 is 0. The highest BCUT2D eigenvalue weighted by atomic mass is 16.3. The Morgan fingerprint density at radius 2 is 2.07 bits per heavy atom. The zero-order valence-corrected chi connectivity index (χ0v) is 8.91. The van der Waals surface area contributed by atoms with E-state index >= 15 is 0 Å². The highest BCUT2D eigenvalue weighted by molar-refractivity contribution is 5.78. The van der Waals surface area contributed by atoms with Crippen LogP contribution in [0.3, 0.4) is 0 Å². The summed E-state index contributed by atoms with van der Waals surface area (Å²) in [5, 5.41) is 11.3. The average molecular weight is 202 g/mol. The van der Waals surface area contributed by atoms with Crippen LogP contribution >= 0.6 is 0 Å². The lowest BCUT2D eigenvalue weighted by molar-refractivity contribution is -0.132. The number of aliphatic hydroxyl groups is 1. The molecule has 0 rings (SSSR count). The second-order valence-corrected chi connectivity index (χ2v) is 3.27. The number of amides is 2. The number of rotatable bonds is 5. The van der Waals surface area contributed by atoms with E-state index in [1.807, 2.05) is 0 Å². The molecule has 5 nitrogen and oxygen atoms in total. The van der Waals surface area contributed by atoms with E-state index in [9.17, 15) is 9.59 Å². The minimum absolute atomic E-state index is 0.0532.